The fraction of sp³-hybridized carbons (Fsp3) is 0.182. The van der Waals surface area contributed by atoms with E-state index in [1.54, 1.807) is 30.5 Å². The second-order valence-corrected chi connectivity index (χ2v) is 3.28. The fourth-order valence-electron chi connectivity index (χ4n) is 1.43. The Bertz CT molecular complexity index is 383. The van der Waals surface area contributed by atoms with E-state index in [4.69, 9.17) is 0 Å². The van der Waals surface area contributed by atoms with Crippen LogP contribution in [0.2, 0.25) is 0 Å². The third kappa shape index (κ3) is 1.59. The minimum Gasteiger partial charge on any atom is -0.379 e. The number of halogens is 1. The van der Waals surface area contributed by atoms with Crippen LogP contribution in [0.5, 0.6) is 0 Å². The van der Waals surface area contributed by atoms with Crippen molar-refractivity contribution in [3.63, 3.8) is 0 Å². The molecule has 1 aromatic carbocycles. The predicted octanol–water partition coefficient (Wildman–Crippen LogP) is 1.65. The molecule has 0 aromatic heterocycles. The molecule has 2 rings (SSSR count). The van der Waals surface area contributed by atoms with Gasteiger partial charge in [0.05, 0.1) is 6.54 Å². The van der Waals surface area contributed by atoms with Gasteiger partial charge < -0.3 is 5.11 Å². The smallest absolute Gasteiger partial charge is 0.127 e. The van der Waals surface area contributed by atoms with Crippen molar-refractivity contribution in [1.82, 2.24) is 0 Å². The SMILES string of the molecule is OC1(c2ccc(F)cc2)C=CC=NC1. The van der Waals surface area contributed by atoms with Crippen molar-refractivity contribution in [3.8, 4) is 0 Å². The Hall–Kier alpha value is -1.48. The zero-order chi connectivity index (χ0) is 10.0. The average molecular weight is 191 g/mol. The van der Waals surface area contributed by atoms with Gasteiger partial charge in [0.2, 0.25) is 0 Å². The Morgan fingerprint density at radius 2 is 2.00 bits per heavy atom. The lowest BCUT2D eigenvalue weighted by Crippen LogP contribution is -2.28. The van der Waals surface area contributed by atoms with Crippen molar-refractivity contribution < 1.29 is 9.50 Å². The third-order valence-corrected chi connectivity index (χ3v) is 2.24. The number of nitrogens with zero attached hydrogens (tertiary/aromatic N) is 1. The minimum absolute atomic E-state index is 0.287. The van der Waals surface area contributed by atoms with Crippen molar-refractivity contribution in [2.45, 2.75) is 5.60 Å². The van der Waals surface area contributed by atoms with Crippen molar-refractivity contribution in [1.29, 1.82) is 0 Å². The quantitative estimate of drug-likeness (QED) is 0.719. The van der Waals surface area contributed by atoms with Gasteiger partial charge in [0.15, 0.2) is 0 Å². The molecule has 0 aliphatic carbocycles. The molecule has 1 aliphatic heterocycles. The van der Waals surface area contributed by atoms with Gasteiger partial charge in [0.25, 0.3) is 0 Å². The lowest BCUT2D eigenvalue weighted by atomic mass is 9.92. The molecule has 14 heavy (non-hydrogen) atoms. The normalized spacial score (nSPS) is 25.3. The van der Waals surface area contributed by atoms with Crippen molar-refractivity contribution in [3.05, 3.63) is 47.8 Å². The number of hydrogen-bond donors (Lipinski definition) is 1. The van der Waals surface area contributed by atoms with Crippen LogP contribution in [0.4, 0.5) is 4.39 Å². The minimum atomic E-state index is -1.08. The van der Waals surface area contributed by atoms with Crippen LogP contribution in [0, 0.1) is 5.82 Å². The van der Waals surface area contributed by atoms with Crippen LogP contribution in [0.1, 0.15) is 5.56 Å². The number of aliphatic hydroxyl groups is 1. The molecule has 1 aliphatic rings. The molecule has 0 amide bonds. The van der Waals surface area contributed by atoms with Gasteiger partial charge in [-0.2, -0.15) is 0 Å². The zero-order valence-corrected chi connectivity index (χ0v) is 7.52. The van der Waals surface area contributed by atoms with E-state index < -0.39 is 5.60 Å². The lowest BCUT2D eigenvalue weighted by molar-refractivity contribution is 0.0986. The summed E-state index contributed by atoms with van der Waals surface area (Å²) >= 11 is 0. The van der Waals surface area contributed by atoms with E-state index in [9.17, 15) is 9.50 Å². The maximum absolute atomic E-state index is 12.6. The molecule has 1 aromatic rings. The predicted molar refractivity (Wildman–Crippen MR) is 52.8 cm³/mol. The first-order chi connectivity index (χ1) is 6.71. The number of aliphatic imine (C=N–C) groups is 1. The van der Waals surface area contributed by atoms with Crippen LogP contribution >= 0.6 is 0 Å². The Labute approximate surface area is 81.4 Å². The second kappa shape index (κ2) is 3.35. The van der Waals surface area contributed by atoms with Gasteiger partial charge in [-0.3, -0.25) is 4.99 Å². The summed E-state index contributed by atoms with van der Waals surface area (Å²) in [6, 6.07) is 5.81. The Morgan fingerprint density at radius 1 is 1.29 bits per heavy atom. The molecule has 72 valence electrons. The summed E-state index contributed by atoms with van der Waals surface area (Å²) < 4.78 is 12.6. The summed E-state index contributed by atoms with van der Waals surface area (Å²) in [6.45, 7) is 0.287. The van der Waals surface area contributed by atoms with Crippen LogP contribution in [-0.2, 0) is 5.60 Å². The first kappa shape index (κ1) is 9.09. The molecule has 1 atom stereocenters. The van der Waals surface area contributed by atoms with Crippen molar-refractivity contribution in [2.24, 2.45) is 4.99 Å². The Kier molecular flexibility index (Phi) is 2.17. The summed E-state index contributed by atoms with van der Waals surface area (Å²) in [4.78, 5) is 3.97. The van der Waals surface area contributed by atoms with Gasteiger partial charge in [-0.25, -0.2) is 4.39 Å². The van der Waals surface area contributed by atoms with Gasteiger partial charge >= 0.3 is 0 Å². The van der Waals surface area contributed by atoms with Crippen LogP contribution in [0.15, 0.2) is 41.4 Å². The largest absolute Gasteiger partial charge is 0.379 e. The summed E-state index contributed by atoms with van der Waals surface area (Å²) in [7, 11) is 0. The van der Waals surface area contributed by atoms with E-state index in [0.29, 0.717) is 5.56 Å². The summed E-state index contributed by atoms with van der Waals surface area (Å²) in [6.07, 6.45) is 4.98. The monoisotopic (exact) mass is 191 g/mol. The summed E-state index contributed by atoms with van der Waals surface area (Å²) in [5, 5.41) is 10.1. The average Bonchev–Trinajstić information content (AvgIpc) is 2.19. The number of allylic oxidation sites excluding steroid dienone is 1. The van der Waals surface area contributed by atoms with E-state index in [-0.39, 0.29) is 12.4 Å². The topological polar surface area (TPSA) is 32.6 Å². The number of dihydropyridines is 1. The molecular formula is C11H10FNO. The maximum atomic E-state index is 12.6. The first-order valence-electron chi connectivity index (χ1n) is 4.37. The Balaban J connectivity index is 2.34. The maximum Gasteiger partial charge on any atom is 0.127 e. The van der Waals surface area contributed by atoms with Crippen LogP contribution in [0.3, 0.4) is 0 Å². The highest BCUT2D eigenvalue weighted by Crippen LogP contribution is 2.24. The first-order valence-corrected chi connectivity index (χ1v) is 4.37. The fourth-order valence-corrected chi connectivity index (χ4v) is 1.43. The number of benzene rings is 1. The molecule has 0 radical (unpaired) electrons. The summed E-state index contributed by atoms with van der Waals surface area (Å²) in [5.74, 6) is -0.305. The molecular weight excluding hydrogens is 181 g/mol. The highest BCUT2D eigenvalue weighted by Gasteiger charge is 2.26. The van der Waals surface area contributed by atoms with E-state index in [0.717, 1.165) is 0 Å². The Morgan fingerprint density at radius 3 is 2.57 bits per heavy atom. The molecule has 0 spiro atoms. The molecule has 0 saturated heterocycles. The molecule has 0 saturated carbocycles. The van der Waals surface area contributed by atoms with E-state index in [1.165, 1.54) is 12.1 Å². The third-order valence-electron chi connectivity index (χ3n) is 2.24. The van der Waals surface area contributed by atoms with Gasteiger partial charge in [0, 0.05) is 6.21 Å². The molecule has 2 nitrogen and oxygen atoms in total. The van der Waals surface area contributed by atoms with Crippen LogP contribution in [0.25, 0.3) is 0 Å². The zero-order valence-electron chi connectivity index (χ0n) is 7.52. The van der Waals surface area contributed by atoms with Gasteiger partial charge in [-0.1, -0.05) is 12.1 Å². The molecule has 3 heteroatoms. The van der Waals surface area contributed by atoms with Gasteiger partial charge in [-0.05, 0) is 29.8 Å². The number of hydrogen-bond acceptors (Lipinski definition) is 2. The highest BCUT2D eigenvalue weighted by atomic mass is 19.1. The van der Waals surface area contributed by atoms with Crippen LogP contribution < -0.4 is 0 Å². The second-order valence-electron chi connectivity index (χ2n) is 3.28. The summed E-state index contributed by atoms with van der Waals surface area (Å²) in [5.41, 5.74) is -0.422. The molecule has 1 unspecified atom stereocenters. The van der Waals surface area contributed by atoms with Crippen LogP contribution in [-0.4, -0.2) is 17.9 Å². The molecule has 1 N–H and O–H groups in total. The van der Waals surface area contributed by atoms with Crippen molar-refractivity contribution >= 4 is 6.21 Å². The number of rotatable bonds is 1. The van der Waals surface area contributed by atoms with E-state index in [1.807, 2.05) is 0 Å². The van der Waals surface area contributed by atoms with Crippen molar-refractivity contribution in [2.75, 3.05) is 6.54 Å². The lowest BCUT2D eigenvalue weighted by Gasteiger charge is -2.24. The molecule has 1 heterocycles. The highest BCUT2D eigenvalue weighted by molar-refractivity contribution is 5.72. The standard InChI is InChI=1S/C11H10FNO/c12-10-4-2-9(3-5-10)11(14)6-1-7-13-8-11/h1-7,14H,8H2. The van der Waals surface area contributed by atoms with Gasteiger partial charge in [-0.15, -0.1) is 0 Å². The van der Waals surface area contributed by atoms with Gasteiger partial charge in [0.1, 0.15) is 11.4 Å². The molecule has 0 bridgehead atoms. The van der Waals surface area contributed by atoms with E-state index in [2.05, 4.69) is 4.99 Å². The van der Waals surface area contributed by atoms with E-state index >= 15 is 0 Å². The molecule has 0 fully saturated rings.